The molecule has 2 rings (SSSR count). The standard InChI is InChI=1S/C12H14FNO2/c1-16-8-12(6-7-12)11(15)14-10-4-2-9(13)3-5-10/h2-5H,6-8H2,1H3,(H,14,15). The van der Waals surface area contributed by atoms with Gasteiger partial charge in [0.25, 0.3) is 0 Å². The van der Waals surface area contributed by atoms with Gasteiger partial charge in [-0.3, -0.25) is 4.79 Å². The van der Waals surface area contributed by atoms with Gasteiger partial charge in [-0.1, -0.05) is 0 Å². The van der Waals surface area contributed by atoms with Crippen LogP contribution in [0.15, 0.2) is 24.3 Å². The number of hydrogen-bond acceptors (Lipinski definition) is 2. The van der Waals surface area contributed by atoms with Gasteiger partial charge < -0.3 is 10.1 Å². The normalized spacial score (nSPS) is 16.9. The average molecular weight is 223 g/mol. The average Bonchev–Trinajstić information content (AvgIpc) is 3.03. The Balaban J connectivity index is 2.00. The van der Waals surface area contributed by atoms with Crippen molar-refractivity contribution in [2.45, 2.75) is 12.8 Å². The van der Waals surface area contributed by atoms with Crippen LogP contribution in [0.5, 0.6) is 0 Å². The third kappa shape index (κ3) is 2.22. The van der Waals surface area contributed by atoms with Crippen molar-refractivity contribution in [3.05, 3.63) is 30.1 Å². The van der Waals surface area contributed by atoms with Crippen LogP contribution < -0.4 is 5.32 Å². The van der Waals surface area contributed by atoms with Gasteiger partial charge in [0.2, 0.25) is 5.91 Å². The molecule has 86 valence electrons. The SMILES string of the molecule is COCC1(C(=O)Nc2ccc(F)cc2)CC1. The summed E-state index contributed by atoms with van der Waals surface area (Å²) in [5.41, 5.74) is 0.261. The summed E-state index contributed by atoms with van der Waals surface area (Å²) < 4.78 is 17.7. The third-order valence-electron chi connectivity index (χ3n) is 2.86. The molecule has 0 spiro atoms. The molecule has 0 bridgehead atoms. The lowest BCUT2D eigenvalue weighted by Crippen LogP contribution is -2.27. The number of ether oxygens (including phenoxy) is 1. The van der Waals surface area contributed by atoms with Gasteiger partial charge in [-0.25, -0.2) is 4.39 Å². The van der Waals surface area contributed by atoms with Crippen molar-refractivity contribution in [2.75, 3.05) is 19.0 Å². The lowest BCUT2D eigenvalue weighted by molar-refractivity contribution is -0.122. The van der Waals surface area contributed by atoms with Gasteiger partial charge in [0, 0.05) is 12.8 Å². The molecule has 0 atom stereocenters. The molecule has 1 amide bonds. The predicted molar refractivity (Wildman–Crippen MR) is 58.6 cm³/mol. The van der Waals surface area contributed by atoms with Gasteiger partial charge in [0.1, 0.15) is 5.82 Å². The monoisotopic (exact) mass is 223 g/mol. The Bertz CT molecular complexity index is 385. The second-order valence-electron chi connectivity index (χ2n) is 4.17. The first-order valence-corrected chi connectivity index (χ1v) is 5.22. The lowest BCUT2D eigenvalue weighted by Gasteiger charge is -2.13. The first-order chi connectivity index (χ1) is 7.66. The Morgan fingerprint density at radius 2 is 2.06 bits per heavy atom. The molecule has 1 fully saturated rings. The highest BCUT2D eigenvalue weighted by Crippen LogP contribution is 2.46. The van der Waals surface area contributed by atoms with E-state index in [4.69, 9.17) is 4.74 Å². The van der Waals surface area contributed by atoms with Crippen LogP contribution >= 0.6 is 0 Å². The molecule has 0 unspecified atom stereocenters. The number of rotatable bonds is 4. The fourth-order valence-corrected chi connectivity index (χ4v) is 1.66. The van der Waals surface area contributed by atoms with Crippen molar-refractivity contribution < 1.29 is 13.9 Å². The summed E-state index contributed by atoms with van der Waals surface area (Å²) >= 11 is 0. The maximum atomic E-state index is 12.7. The molecule has 16 heavy (non-hydrogen) atoms. The minimum Gasteiger partial charge on any atom is -0.384 e. The van der Waals surface area contributed by atoms with E-state index in [-0.39, 0.29) is 17.1 Å². The summed E-state index contributed by atoms with van der Waals surface area (Å²) in [6, 6.07) is 5.75. The molecule has 0 saturated heterocycles. The Kier molecular flexibility index (Phi) is 2.92. The molecule has 0 radical (unpaired) electrons. The Hall–Kier alpha value is -1.42. The maximum absolute atomic E-state index is 12.7. The van der Waals surface area contributed by atoms with E-state index in [1.807, 2.05) is 0 Å². The number of methoxy groups -OCH3 is 1. The van der Waals surface area contributed by atoms with Crippen LogP contribution in [0, 0.1) is 11.2 Å². The number of benzene rings is 1. The Labute approximate surface area is 93.6 Å². The summed E-state index contributed by atoms with van der Waals surface area (Å²) in [6.07, 6.45) is 1.71. The van der Waals surface area contributed by atoms with Crippen LogP contribution in [0.4, 0.5) is 10.1 Å². The molecule has 4 heteroatoms. The van der Waals surface area contributed by atoms with Gasteiger partial charge >= 0.3 is 0 Å². The van der Waals surface area contributed by atoms with Crippen LogP contribution in [-0.2, 0) is 9.53 Å². The molecule has 0 aromatic heterocycles. The van der Waals surface area contributed by atoms with E-state index in [2.05, 4.69) is 5.32 Å². The second-order valence-corrected chi connectivity index (χ2v) is 4.17. The van der Waals surface area contributed by atoms with Gasteiger partial charge in [-0.05, 0) is 37.1 Å². The number of amides is 1. The molecule has 1 aromatic rings. The van der Waals surface area contributed by atoms with E-state index >= 15 is 0 Å². The minimum atomic E-state index is -0.358. The quantitative estimate of drug-likeness (QED) is 0.849. The van der Waals surface area contributed by atoms with E-state index in [0.29, 0.717) is 12.3 Å². The third-order valence-corrected chi connectivity index (χ3v) is 2.86. The first kappa shape index (κ1) is 11.1. The van der Waals surface area contributed by atoms with E-state index < -0.39 is 0 Å². The number of anilines is 1. The summed E-state index contributed by atoms with van der Waals surface area (Å²) in [5.74, 6) is -0.350. The maximum Gasteiger partial charge on any atom is 0.232 e. The van der Waals surface area contributed by atoms with E-state index in [1.165, 1.54) is 12.1 Å². The van der Waals surface area contributed by atoms with Crippen LogP contribution in [0.2, 0.25) is 0 Å². The number of carbonyl (C=O) groups is 1. The first-order valence-electron chi connectivity index (χ1n) is 5.22. The number of carbonyl (C=O) groups excluding carboxylic acids is 1. The fourth-order valence-electron chi connectivity index (χ4n) is 1.66. The highest BCUT2D eigenvalue weighted by atomic mass is 19.1. The van der Waals surface area contributed by atoms with Gasteiger partial charge in [-0.2, -0.15) is 0 Å². The van der Waals surface area contributed by atoms with Gasteiger partial charge in [0.15, 0.2) is 0 Å². The van der Waals surface area contributed by atoms with Gasteiger partial charge in [0.05, 0.1) is 12.0 Å². The van der Waals surface area contributed by atoms with Crippen molar-refractivity contribution in [3.8, 4) is 0 Å². The summed E-state index contributed by atoms with van der Waals surface area (Å²) in [5, 5.41) is 2.77. The minimum absolute atomic E-state index is 0.0408. The number of halogens is 1. The molecule has 0 heterocycles. The molecule has 1 aromatic carbocycles. The molecule has 1 saturated carbocycles. The van der Waals surface area contributed by atoms with E-state index in [0.717, 1.165) is 12.8 Å². The summed E-state index contributed by atoms with van der Waals surface area (Å²) in [6.45, 7) is 0.444. The van der Waals surface area contributed by atoms with Crippen LogP contribution in [0.25, 0.3) is 0 Å². The fraction of sp³-hybridized carbons (Fsp3) is 0.417. The van der Waals surface area contributed by atoms with Crippen LogP contribution in [0.1, 0.15) is 12.8 Å². The van der Waals surface area contributed by atoms with Gasteiger partial charge in [-0.15, -0.1) is 0 Å². The number of hydrogen-bond donors (Lipinski definition) is 1. The van der Waals surface area contributed by atoms with Crippen LogP contribution in [-0.4, -0.2) is 19.6 Å². The highest BCUT2D eigenvalue weighted by Gasteiger charge is 2.49. The second kappa shape index (κ2) is 4.22. The zero-order chi connectivity index (χ0) is 11.6. The van der Waals surface area contributed by atoms with Crippen LogP contribution in [0.3, 0.4) is 0 Å². The van der Waals surface area contributed by atoms with Crippen molar-refractivity contribution in [2.24, 2.45) is 5.41 Å². The smallest absolute Gasteiger partial charge is 0.232 e. The van der Waals surface area contributed by atoms with E-state index in [1.54, 1.807) is 19.2 Å². The molecule has 3 nitrogen and oxygen atoms in total. The molecule has 1 aliphatic carbocycles. The molecular formula is C12H14FNO2. The molecule has 1 N–H and O–H groups in total. The van der Waals surface area contributed by atoms with Crippen molar-refractivity contribution in [1.82, 2.24) is 0 Å². The van der Waals surface area contributed by atoms with E-state index in [9.17, 15) is 9.18 Å². The predicted octanol–water partition coefficient (Wildman–Crippen LogP) is 2.19. The topological polar surface area (TPSA) is 38.3 Å². The summed E-state index contributed by atoms with van der Waals surface area (Å²) in [4.78, 5) is 11.9. The Morgan fingerprint density at radius 3 is 2.56 bits per heavy atom. The number of nitrogens with one attached hydrogen (secondary N) is 1. The highest BCUT2D eigenvalue weighted by molar-refractivity contribution is 5.97. The lowest BCUT2D eigenvalue weighted by atomic mass is 10.1. The molecular weight excluding hydrogens is 209 g/mol. The van der Waals surface area contributed by atoms with Crippen molar-refractivity contribution in [1.29, 1.82) is 0 Å². The zero-order valence-electron chi connectivity index (χ0n) is 9.13. The molecule has 0 aliphatic heterocycles. The zero-order valence-corrected chi connectivity index (χ0v) is 9.13. The largest absolute Gasteiger partial charge is 0.384 e. The van der Waals surface area contributed by atoms with Crippen molar-refractivity contribution in [3.63, 3.8) is 0 Å². The Morgan fingerprint density at radius 1 is 1.44 bits per heavy atom. The summed E-state index contributed by atoms with van der Waals surface area (Å²) in [7, 11) is 1.59. The molecule has 1 aliphatic rings. The van der Waals surface area contributed by atoms with Crippen molar-refractivity contribution >= 4 is 11.6 Å².